The van der Waals surface area contributed by atoms with Crippen molar-refractivity contribution in [2.75, 3.05) is 26.7 Å². The summed E-state index contributed by atoms with van der Waals surface area (Å²) in [6.45, 7) is 10.0. The number of hydrogen-bond acceptors (Lipinski definition) is 4. The van der Waals surface area contributed by atoms with Crippen molar-refractivity contribution in [1.82, 2.24) is 15.5 Å². The van der Waals surface area contributed by atoms with Crippen LogP contribution in [0.5, 0.6) is 5.75 Å². The molecule has 2 N–H and O–H groups in total. The van der Waals surface area contributed by atoms with Gasteiger partial charge in [-0.15, -0.1) is 0 Å². The summed E-state index contributed by atoms with van der Waals surface area (Å²) in [7, 11) is 1.62. The number of rotatable bonds is 7. The molecule has 1 fully saturated rings. The van der Waals surface area contributed by atoms with Gasteiger partial charge in [0, 0.05) is 19.6 Å². The van der Waals surface area contributed by atoms with Crippen LogP contribution in [-0.2, 0) is 15.1 Å². The van der Waals surface area contributed by atoms with Crippen LogP contribution in [0.2, 0.25) is 0 Å². The van der Waals surface area contributed by atoms with Crippen molar-refractivity contribution in [3.8, 4) is 5.75 Å². The number of benzene rings is 1. The maximum Gasteiger partial charge on any atom is 0.237 e. The zero-order valence-corrected chi connectivity index (χ0v) is 17.0. The normalized spacial score (nSPS) is 17.8. The van der Waals surface area contributed by atoms with Crippen molar-refractivity contribution in [2.45, 2.75) is 45.7 Å². The lowest BCUT2D eigenvalue weighted by Crippen LogP contribution is -2.57. The predicted molar refractivity (Wildman–Crippen MR) is 107 cm³/mol. The maximum atomic E-state index is 12.7. The van der Waals surface area contributed by atoms with Gasteiger partial charge < -0.3 is 15.4 Å². The van der Waals surface area contributed by atoms with Gasteiger partial charge in [0.2, 0.25) is 11.8 Å². The third-order valence-electron chi connectivity index (χ3n) is 4.82. The molecule has 0 radical (unpaired) electrons. The Morgan fingerprint density at radius 1 is 1.33 bits per heavy atom. The number of carbonyl (C=O) groups is 2. The molecule has 1 aliphatic rings. The fourth-order valence-electron chi connectivity index (χ4n) is 3.16. The Balaban J connectivity index is 2.04. The quantitative estimate of drug-likeness (QED) is 0.719. The van der Waals surface area contributed by atoms with Gasteiger partial charge in [-0.3, -0.25) is 14.5 Å². The zero-order chi connectivity index (χ0) is 20.0. The Morgan fingerprint density at radius 2 is 2.00 bits per heavy atom. The molecule has 1 aromatic carbocycles. The third kappa shape index (κ3) is 5.82. The molecule has 1 atom stereocenters. The second kappa shape index (κ2) is 9.04. The number of carbonyl (C=O) groups excluding carboxylic acids is 2. The van der Waals surface area contributed by atoms with Gasteiger partial charge >= 0.3 is 0 Å². The first-order valence-corrected chi connectivity index (χ1v) is 9.33. The zero-order valence-electron chi connectivity index (χ0n) is 17.0. The van der Waals surface area contributed by atoms with E-state index in [0.717, 1.165) is 17.9 Å². The van der Waals surface area contributed by atoms with Crippen LogP contribution < -0.4 is 15.4 Å². The molecule has 0 spiro atoms. The minimum atomic E-state index is -0.542. The van der Waals surface area contributed by atoms with Gasteiger partial charge in [0.25, 0.3) is 0 Å². The molecule has 0 bridgehead atoms. The molecule has 148 valence electrons. The van der Waals surface area contributed by atoms with Crippen LogP contribution in [0, 0.1) is 0 Å². The van der Waals surface area contributed by atoms with Crippen molar-refractivity contribution >= 4 is 11.8 Å². The summed E-state index contributed by atoms with van der Waals surface area (Å²) < 4.78 is 5.18. The monoisotopic (exact) mass is 373 g/mol. The number of ether oxygens (including phenoxy) is 1. The second-order valence-corrected chi connectivity index (χ2v) is 7.69. The summed E-state index contributed by atoms with van der Waals surface area (Å²) in [6.07, 6.45) is 2.23. The highest BCUT2D eigenvalue weighted by Gasteiger charge is 2.32. The Kier molecular flexibility index (Phi) is 7.02. The second-order valence-electron chi connectivity index (χ2n) is 7.69. The van der Waals surface area contributed by atoms with Crippen LogP contribution in [0.1, 0.15) is 39.7 Å². The lowest BCUT2D eigenvalue weighted by molar-refractivity contribution is -0.134. The van der Waals surface area contributed by atoms with Crippen LogP contribution in [0.3, 0.4) is 0 Å². The summed E-state index contributed by atoms with van der Waals surface area (Å²) in [5.41, 5.74) is 1.63. The van der Waals surface area contributed by atoms with Gasteiger partial charge in [-0.2, -0.15) is 0 Å². The molecule has 2 amide bonds. The van der Waals surface area contributed by atoms with Gasteiger partial charge in [-0.25, -0.2) is 0 Å². The molecule has 0 aliphatic carbocycles. The van der Waals surface area contributed by atoms with Crippen molar-refractivity contribution in [1.29, 1.82) is 0 Å². The van der Waals surface area contributed by atoms with Crippen molar-refractivity contribution < 1.29 is 14.3 Å². The fourth-order valence-corrected chi connectivity index (χ4v) is 3.16. The van der Waals surface area contributed by atoms with E-state index in [9.17, 15) is 9.59 Å². The Morgan fingerprint density at radius 3 is 2.59 bits per heavy atom. The Bertz CT molecular complexity index is 691. The average Bonchev–Trinajstić information content (AvgIpc) is 2.61. The van der Waals surface area contributed by atoms with Crippen LogP contribution in [0.4, 0.5) is 0 Å². The number of amides is 2. The van der Waals surface area contributed by atoms with Crippen LogP contribution in [0.25, 0.3) is 0 Å². The van der Waals surface area contributed by atoms with Crippen molar-refractivity contribution in [2.24, 2.45) is 0 Å². The highest BCUT2D eigenvalue weighted by molar-refractivity contribution is 5.89. The van der Waals surface area contributed by atoms with Gasteiger partial charge in [-0.05, 0) is 45.4 Å². The number of nitrogens with one attached hydrogen (secondary N) is 2. The number of nitrogens with zero attached hydrogens (tertiary/aromatic N) is 1. The molecule has 6 nitrogen and oxygen atoms in total. The Hall–Kier alpha value is -2.34. The standard InChI is InChI=1S/C21H31N3O3/c1-15(2)10-12-24-13-11-22-20(26)18(24)14-19(25)23-21(3,4)16-6-8-17(27-5)9-7-16/h6-10,18H,11-14H2,1-5H3,(H,22,26)(H,23,25)/t18-/m1/s1. The summed E-state index contributed by atoms with van der Waals surface area (Å²) in [5.74, 6) is 0.551. The molecule has 6 heteroatoms. The van der Waals surface area contributed by atoms with Gasteiger partial charge in [-0.1, -0.05) is 23.8 Å². The number of piperazine rings is 1. The molecule has 0 unspecified atom stereocenters. The van der Waals surface area contributed by atoms with E-state index >= 15 is 0 Å². The first kappa shape index (κ1) is 21.0. The number of methoxy groups -OCH3 is 1. The summed E-state index contributed by atoms with van der Waals surface area (Å²) in [5, 5.41) is 5.93. The van der Waals surface area contributed by atoms with Gasteiger partial charge in [0.05, 0.1) is 25.1 Å². The molecule has 1 saturated heterocycles. The smallest absolute Gasteiger partial charge is 0.237 e. The fraction of sp³-hybridized carbons (Fsp3) is 0.524. The van der Waals surface area contributed by atoms with E-state index in [1.165, 1.54) is 5.57 Å². The molecule has 0 aromatic heterocycles. The van der Waals surface area contributed by atoms with Crippen LogP contribution >= 0.6 is 0 Å². The summed E-state index contributed by atoms with van der Waals surface area (Å²) in [6, 6.07) is 7.18. The largest absolute Gasteiger partial charge is 0.497 e. The average molecular weight is 373 g/mol. The Labute approximate surface area is 162 Å². The molecular weight excluding hydrogens is 342 g/mol. The third-order valence-corrected chi connectivity index (χ3v) is 4.82. The summed E-state index contributed by atoms with van der Waals surface area (Å²) >= 11 is 0. The minimum absolute atomic E-state index is 0.0826. The topological polar surface area (TPSA) is 70.7 Å². The molecule has 0 saturated carbocycles. The molecule has 27 heavy (non-hydrogen) atoms. The summed E-state index contributed by atoms with van der Waals surface area (Å²) in [4.78, 5) is 27.1. The van der Waals surface area contributed by atoms with Gasteiger partial charge in [0.1, 0.15) is 5.75 Å². The SMILES string of the molecule is COc1ccc(C(C)(C)NC(=O)C[C@@H]2C(=O)NCCN2CC=C(C)C)cc1. The van der Waals surface area contributed by atoms with E-state index in [-0.39, 0.29) is 18.2 Å². The van der Waals surface area contributed by atoms with Crippen LogP contribution in [0.15, 0.2) is 35.9 Å². The van der Waals surface area contributed by atoms with Crippen molar-refractivity contribution in [3.05, 3.63) is 41.5 Å². The van der Waals surface area contributed by atoms with E-state index in [1.54, 1.807) is 7.11 Å². The maximum absolute atomic E-state index is 12.7. The minimum Gasteiger partial charge on any atom is -0.497 e. The first-order chi connectivity index (χ1) is 12.7. The highest BCUT2D eigenvalue weighted by Crippen LogP contribution is 2.23. The van der Waals surface area contributed by atoms with E-state index in [0.29, 0.717) is 13.1 Å². The first-order valence-electron chi connectivity index (χ1n) is 9.33. The molecule has 1 aliphatic heterocycles. The lowest BCUT2D eigenvalue weighted by atomic mass is 9.93. The van der Waals surface area contributed by atoms with E-state index in [1.807, 2.05) is 52.0 Å². The van der Waals surface area contributed by atoms with Gasteiger partial charge in [0.15, 0.2) is 0 Å². The predicted octanol–water partition coefficient (Wildman–Crippen LogP) is 2.20. The van der Waals surface area contributed by atoms with E-state index < -0.39 is 11.6 Å². The molecule has 1 aromatic rings. The van der Waals surface area contributed by atoms with E-state index in [2.05, 4.69) is 21.6 Å². The highest BCUT2D eigenvalue weighted by atomic mass is 16.5. The van der Waals surface area contributed by atoms with E-state index in [4.69, 9.17) is 4.74 Å². The van der Waals surface area contributed by atoms with Crippen molar-refractivity contribution in [3.63, 3.8) is 0 Å². The molecule has 1 heterocycles. The lowest BCUT2D eigenvalue weighted by Gasteiger charge is -2.35. The molecule has 2 rings (SSSR count). The number of allylic oxidation sites excluding steroid dienone is 1. The molecular formula is C21H31N3O3. The number of hydrogen-bond donors (Lipinski definition) is 2. The van der Waals surface area contributed by atoms with Crippen LogP contribution in [-0.4, -0.2) is 49.5 Å².